The summed E-state index contributed by atoms with van der Waals surface area (Å²) < 4.78 is 0. The van der Waals surface area contributed by atoms with E-state index in [-0.39, 0.29) is 0 Å². The van der Waals surface area contributed by atoms with Crippen LogP contribution in [0.25, 0.3) is 0 Å². The van der Waals surface area contributed by atoms with Crippen molar-refractivity contribution < 1.29 is 0 Å². The molecule has 1 fully saturated rings. The Balaban J connectivity index is 1.69. The van der Waals surface area contributed by atoms with Gasteiger partial charge in [0.25, 0.3) is 0 Å². The molecule has 0 radical (unpaired) electrons. The normalized spacial score (nSPS) is 32.0. The molecule has 0 spiro atoms. The highest BCUT2D eigenvalue weighted by Crippen LogP contribution is 2.39. The molecular formula is C18H28N2. The maximum absolute atomic E-state index is 5.95. The Morgan fingerprint density at radius 2 is 1.65 bits per heavy atom. The van der Waals surface area contributed by atoms with E-state index in [2.05, 4.69) is 43.5 Å². The van der Waals surface area contributed by atoms with Gasteiger partial charge in [-0.15, -0.1) is 0 Å². The van der Waals surface area contributed by atoms with Gasteiger partial charge in [-0.05, 0) is 60.5 Å². The van der Waals surface area contributed by atoms with Crippen molar-refractivity contribution in [2.45, 2.75) is 52.0 Å². The minimum atomic E-state index is 0.484. The van der Waals surface area contributed by atoms with Crippen LogP contribution in [0.5, 0.6) is 0 Å². The second-order valence-corrected chi connectivity index (χ2v) is 7.16. The van der Waals surface area contributed by atoms with Crippen molar-refractivity contribution in [3.8, 4) is 0 Å². The van der Waals surface area contributed by atoms with Crippen LogP contribution in [0, 0.1) is 23.7 Å². The van der Waals surface area contributed by atoms with Crippen molar-refractivity contribution >= 4 is 0 Å². The first-order valence-electron chi connectivity index (χ1n) is 8.22. The summed E-state index contributed by atoms with van der Waals surface area (Å²) in [5.74, 6) is 9.11. The monoisotopic (exact) mass is 272 g/mol. The highest BCUT2D eigenvalue weighted by molar-refractivity contribution is 5.32. The quantitative estimate of drug-likeness (QED) is 0.654. The lowest BCUT2D eigenvalue weighted by atomic mass is 9.70. The Morgan fingerprint density at radius 3 is 2.20 bits per heavy atom. The minimum Gasteiger partial charge on any atom is -0.271 e. The van der Waals surface area contributed by atoms with E-state index < -0.39 is 0 Å². The van der Waals surface area contributed by atoms with E-state index >= 15 is 0 Å². The predicted molar refractivity (Wildman–Crippen MR) is 84.1 cm³/mol. The summed E-state index contributed by atoms with van der Waals surface area (Å²) in [6, 6.07) is 9.38. The van der Waals surface area contributed by atoms with Crippen LogP contribution in [0.2, 0.25) is 0 Å². The molecule has 2 aliphatic rings. The molecule has 0 bridgehead atoms. The number of fused-ring (bicyclic) bond motifs is 1. The van der Waals surface area contributed by atoms with Crippen LogP contribution in [-0.2, 0) is 12.8 Å². The number of hydrazine groups is 1. The lowest BCUT2D eigenvalue weighted by Crippen LogP contribution is -2.48. The van der Waals surface area contributed by atoms with Gasteiger partial charge in [0, 0.05) is 6.04 Å². The molecule has 2 heteroatoms. The Labute approximate surface area is 123 Å². The van der Waals surface area contributed by atoms with Crippen LogP contribution in [-0.4, -0.2) is 6.04 Å². The maximum atomic E-state index is 5.95. The third-order valence-corrected chi connectivity index (χ3v) is 5.93. The van der Waals surface area contributed by atoms with Crippen molar-refractivity contribution in [2.24, 2.45) is 29.5 Å². The molecule has 1 aromatic carbocycles. The van der Waals surface area contributed by atoms with E-state index in [1.54, 1.807) is 0 Å². The fourth-order valence-corrected chi connectivity index (χ4v) is 4.42. The number of rotatable bonds is 3. The predicted octanol–water partition coefficient (Wildman–Crippen LogP) is 3.31. The lowest BCUT2D eigenvalue weighted by Gasteiger charge is -2.38. The van der Waals surface area contributed by atoms with Gasteiger partial charge in [0.2, 0.25) is 0 Å². The zero-order chi connectivity index (χ0) is 14.1. The molecule has 4 atom stereocenters. The van der Waals surface area contributed by atoms with Gasteiger partial charge in [0.1, 0.15) is 0 Å². The summed E-state index contributed by atoms with van der Waals surface area (Å²) in [6.45, 7) is 4.81. The number of nitrogens with one attached hydrogen (secondary N) is 1. The van der Waals surface area contributed by atoms with Gasteiger partial charge < -0.3 is 0 Å². The first-order valence-corrected chi connectivity index (χ1v) is 8.22. The highest BCUT2D eigenvalue weighted by Gasteiger charge is 2.36. The smallest absolute Gasteiger partial charge is 0.0273 e. The van der Waals surface area contributed by atoms with Crippen molar-refractivity contribution in [2.75, 3.05) is 0 Å². The van der Waals surface area contributed by atoms with E-state index in [4.69, 9.17) is 5.84 Å². The summed E-state index contributed by atoms with van der Waals surface area (Å²) in [5.41, 5.74) is 6.26. The summed E-state index contributed by atoms with van der Waals surface area (Å²) in [4.78, 5) is 0. The van der Waals surface area contributed by atoms with Gasteiger partial charge >= 0.3 is 0 Å². The Hall–Kier alpha value is -0.860. The minimum absolute atomic E-state index is 0.484. The largest absolute Gasteiger partial charge is 0.271 e. The molecule has 1 saturated carbocycles. The Bertz CT molecular complexity index is 431. The van der Waals surface area contributed by atoms with Crippen LogP contribution in [0.1, 0.15) is 44.2 Å². The molecule has 1 aromatic rings. The molecule has 3 N–H and O–H groups in total. The second kappa shape index (κ2) is 5.87. The van der Waals surface area contributed by atoms with Crippen LogP contribution in [0.3, 0.4) is 0 Å². The topological polar surface area (TPSA) is 38.0 Å². The molecule has 3 rings (SSSR count). The molecule has 0 amide bonds. The first-order chi connectivity index (χ1) is 9.69. The molecule has 4 unspecified atom stereocenters. The Kier molecular flexibility index (Phi) is 4.13. The fourth-order valence-electron chi connectivity index (χ4n) is 4.42. The van der Waals surface area contributed by atoms with Gasteiger partial charge in [0.05, 0.1) is 0 Å². The summed E-state index contributed by atoms with van der Waals surface area (Å²) in [6.07, 6.45) is 6.44. The molecule has 2 aliphatic carbocycles. The molecule has 0 aromatic heterocycles. The van der Waals surface area contributed by atoms with Crippen molar-refractivity contribution in [3.63, 3.8) is 0 Å². The third-order valence-electron chi connectivity index (χ3n) is 5.93. The molecule has 0 aliphatic heterocycles. The van der Waals surface area contributed by atoms with Gasteiger partial charge in [-0.25, -0.2) is 0 Å². The number of hydrogen-bond acceptors (Lipinski definition) is 2. The van der Waals surface area contributed by atoms with Crippen molar-refractivity contribution in [3.05, 3.63) is 35.4 Å². The van der Waals surface area contributed by atoms with Crippen LogP contribution in [0.4, 0.5) is 0 Å². The number of hydrogen-bond donors (Lipinski definition) is 2. The molecule has 110 valence electrons. The lowest BCUT2D eigenvalue weighted by molar-refractivity contribution is 0.142. The van der Waals surface area contributed by atoms with E-state index in [1.807, 2.05) is 0 Å². The summed E-state index contributed by atoms with van der Waals surface area (Å²) in [5, 5.41) is 0. The molecule has 0 heterocycles. The van der Waals surface area contributed by atoms with E-state index in [1.165, 1.54) is 43.2 Å². The summed E-state index contributed by atoms with van der Waals surface area (Å²) in [7, 11) is 0. The van der Waals surface area contributed by atoms with Gasteiger partial charge in [-0.1, -0.05) is 44.5 Å². The first kappa shape index (κ1) is 14.1. The zero-order valence-electron chi connectivity index (χ0n) is 12.8. The molecule has 0 saturated heterocycles. The number of nitrogens with two attached hydrogens (primary N) is 1. The molecular weight excluding hydrogens is 244 g/mol. The van der Waals surface area contributed by atoms with Crippen LogP contribution in [0.15, 0.2) is 24.3 Å². The summed E-state index contributed by atoms with van der Waals surface area (Å²) >= 11 is 0. The molecule has 2 nitrogen and oxygen atoms in total. The SMILES string of the molecule is CC1CCC(C(NN)C2Cc3ccccc3C2)CC1C. The van der Waals surface area contributed by atoms with E-state index in [9.17, 15) is 0 Å². The van der Waals surface area contributed by atoms with Gasteiger partial charge in [0.15, 0.2) is 0 Å². The standard InChI is InChI=1S/C18H28N2/c1-12-7-8-16(9-13(12)2)18(20-19)17-10-14-5-3-4-6-15(14)11-17/h3-6,12-13,16-18,20H,7-11,19H2,1-2H3. The van der Waals surface area contributed by atoms with Gasteiger partial charge in [-0.2, -0.15) is 0 Å². The maximum Gasteiger partial charge on any atom is 0.0273 e. The average Bonchev–Trinajstić information content (AvgIpc) is 2.87. The van der Waals surface area contributed by atoms with Crippen LogP contribution < -0.4 is 11.3 Å². The zero-order valence-corrected chi connectivity index (χ0v) is 12.8. The van der Waals surface area contributed by atoms with E-state index in [0.29, 0.717) is 12.0 Å². The number of benzene rings is 1. The molecule has 20 heavy (non-hydrogen) atoms. The van der Waals surface area contributed by atoms with Crippen molar-refractivity contribution in [1.82, 2.24) is 5.43 Å². The Morgan fingerprint density at radius 1 is 1.00 bits per heavy atom. The van der Waals surface area contributed by atoms with Crippen LogP contribution >= 0.6 is 0 Å². The van der Waals surface area contributed by atoms with E-state index in [0.717, 1.165) is 17.8 Å². The average molecular weight is 272 g/mol. The van der Waals surface area contributed by atoms with Gasteiger partial charge in [-0.3, -0.25) is 11.3 Å². The van der Waals surface area contributed by atoms with Crippen molar-refractivity contribution in [1.29, 1.82) is 0 Å². The highest BCUT2D eigenvalue weighted by atomic mass is 15.2. The fraction of sp³-hybridized carbons (Fsp3) is 0.667. The third kappa shape index (κ3) is 2.64. The second-order valence-electron chi connectivity index (χ2n) is 7.16.